The molecule has 0 amide bonds. The van der Waals surface area contributed by atoms with Gasteiger partial charge in [0.1, 0.15) is 0 Å². The van der Waals surface area contributed by atoms with E-state index < -0.39 is 0 Å². The molecule has 0 atom stereocenters. The highest BCUT2D eigenvalue weighted by Crippen LogP contribution is 2.10. The van der Waals surface area contributed by atoms with Crippen LogP contribution in [0.5, 0.6) is 0 Å². The first kappa shape index (κ1) is 10.4. The van der Waals surface area contributed by atoms with Gasteiger partial charge in [-0.05, 0) is 30.2 Å². The normalized spacial score (nSPS) is 17.4. The van der Waals surface area contributed by atoms with Crippen molar-refractivity contribution in [3.8, 4) is 0 Å². The van der Waals surface area contributed by atoms with Crippen molar-refractivity contribution in [2.45, 2.75) is 6.42 Å². The average Bonchev–Trinajstić information content (AvgIpc) is 2.33. The van der Waals surface area contributed by atoms with Gasteiger partial charge in [0.2, 0.25) is 0 Å². The van der Waals surface area contributed by atoms with Crippen molar-refractivity contribution in [2.75, 3.05) is 5.73 Å². The summed E-state index contributed by atoms with van der Waals surface area (Å²) in [6.45, 7) is 0. The van der Waals surface area contributed by atoms with Gasteiger partial charge in [0, 0.05) is 0 Å². The molecule has 2 rings (SSSR count). The summed E-state index contributed by atoms with van der Waals surface area (Å²) in [5.41, 5.74) is 8.47. The molecule has 0 radical (unpaired) electrons. The van der Waals surface area contributed by atoms with Crippen molar-refractivity contribution in [1.82, 2.24) is 4.98 Å². The van der Waals surface area contributed by atoms with Crippen molar-refractivity contribution in [3.63, 3.8) is 0 Å². The molecular weight excluding hydrogens is 196 g/mol. The molecule has 0 bridgehead atoms. The lowest BCUT2D eigenvalue weighted by Gasteiger charge is -1.99. The summed E-state index contributed by atoms with van der Waals surface area (Å²) < 4.78 is 0. The molecular formula is C14H14N2. The monoisotopic (exact) mass is 210 g/mol. The van der Waals surface area contributed by atoms with E-state index in [1.807, 2.05) is 30.4 Å². The first-order valence-electron chi connectivity index (χ1n) is 5.26. The Morgan fingerprint density at radius 1 is 1.25 bits per heavy atom. The van der Waals surface area contributed by atoms with Crippen molar-refractivity contribution in [2.24, 2.45) is 0 Å². The Kier molecular flexibility index (Phi) is 3.34. The maximum absolute atomic E-state index is 5.56. The second-order valence-electron chi connectivity index (χ2n) is 3.61. The minimum atomic E-state index is 0.691. The lowest BCUT2D eigenvalue weighted by molar-refractivity contribution is 1.26. The van der Waals surface area contributed by atoms with Gasteiger partial charge in [0.15, 0.2) is 0 Å². The van der Waals surface area contributed by atoms with E-state index in [1.54, 1.807) is 6.20 Å². The fourth-order valence-corrected chi connectivity index (χ4v) is 1.44. The molecule has 2 N–H and O–H groups in total. The molecule has 0 saturated heterocycles. The van der Waals surface area contributed by atoms with Gasteiger partial charge in [-0.2, -0.15) is 0 Å². The van der Waals surface area contributed by atoms with Crippen LogP contribution in [0, 0.1) is 0 Å². The van der Waals surface area contributed by atoms with Gasteiger partial charge in [0.05, 0.1) is 17.6 Å². The Labute approximate surface area is 95.5 Å². The SMILES string of the molecule is Nc1ccc(/C=C/C=C2/C=CC=CC2)nc1. The third-order valence-electron chi connectivity index (χ3n) is 2.30. The predicted molar refractivity (Wildman–Crippen MR) is 68.7 cm³/mol. The molecule has 2 nitrogen and oxygen atoms in total. The third kappa shape index (κ3) is 2.95. The van der Waals surface area contributed by atoms with Crippen LogP contribution in [0.4, 0.5) is 5.69 Å². The molecule has 80 valence electrons. The minimum Gasteiger partial charge on any atom is -0.397 e. The molecule has 1 aromatic rings. The van der Waals surface area contributed by atoms with Crippen molar-refractivity contribution < 1.29 is 0 Å². The van der Waals surface area contributed by atoms with E-state index in [2.05, 4.69) is 29.3 Å². The Morgan fingerprint density at radius 2 is 2.19 bits per heavy atom. The van der Waals surface area contributed by atoms with Gasteiger partial charge in [-0.15, -0.1) is 0 Å². The van der Waals surface area contributed by atoms with E-state index in [9.17, 15) is 0 Å². The minimum absolute atomic E-state index is 0.691. The van der Waals surface area contributed by atoms with E-state index in [4.69, 9.17) is 5.73 Å². The summed E-state index contributed by atoms with van der Waals surface area (Å²) in [4.78, 5) is 4.19. The second-order valence-corrected chi connectivity index (χ2v) is 3.61. The van der Waals surface area contributed by atoms with Crippen LogP contribution < -0.4 is 5.73 Å². The lowest BCUT2D eigenvalue weighted by atomic mass is 10.1. The Hall–Kier alpha value is -2.09. The Morgan fingerprint density at radius 3 is 2.88 bits per heavy atom. The highest BCUT2D eigenvalue weighted by atomic mass is 14.7. The van der Waals surface area contributed by atoms with Gasteiger partial charge in [-0.25, -0.2) is 0 Å². The number of allylic oxidation sites excluding steroid dienone is 7. The van der Waals surface area contributed by atoms with Gasteiger partial charge >= 0.3 is 0 Å². The van der Waals surface area contributed by atoms with Crippen molar-refractivity contribution >= 4 is 11.8 Å². The number of nitrogens with zero attached hydrogens (tertiary/aromatic N) is 1. The Balaban J connectivity index is 2.02. The number of aromatic nitrogens is 1. The second kappa shape index (κ2) is 5.12. The van der Waals surface area contributed by atoms with Crippen molar-refractivity contribution in [3.05, 3.63) is 66.1 Å². The number of rotatable bonds is 2. The molecule has 2 heteroatoms. The molecule has 0 spiro atoms. The van der Waals surface area contributed by atoms with Gasteiger partial charge in [0.25, 0.3) is 0 Å². The highest BCUT2D eigenvalue weighted by Gasteiger charge is 1.91. The summed E-state index contributed by atoms with van der Waals surface area (Å²) >= 11 is 0. The molecule has 1 aliphatic carbocycles. The summed E-state index contributed by atoms with van der Waals surface area (Å²) in [5.74, 6) is 0. The van der Waals surface area contributed by atoms with E-state index in [-0.39, 0.29) is 0 Å². The molecule has 1 aliphatic rings. The molecule has 0 aromatic carbocycles. The fourth-order valence-electron chi connectivity index (χ4n) is 1.44. The van der Waals surface area contributed by atoms with Crippen molar-refractivity contribution in [1.29, 1.82) is 0 Å². The van der Waals surface area contributed by atoms with Crippen LogP contribution in [0.2, 0.25) is 0 Å². The number of hydrogen-bond donors (Lipinski definition) is 1. The average molecular weight is 210 g/mol. The molecule has 0 saturated carbocycles. The summed E-state index contributed by atoms with van der Waals surface area (Å²) in [6, 6.07) is 3.75. The topological polar surface area (TPSA) is 38.9 Å². The molecule has 0 aliphatic heterocycles. The first-order valence-corrected chi connectivity index (χ1v) is 5.26. The predicted octanol–water partition coefficient (Wildman–Crippen LogP) is 3.12. The highest BCUT2D eigenvalue weighted by molar-refractivity contribution is 5.50. The van der Waals surface area contributed by atoms with Crippen LogP contribution in [-0.4, -0.2) is 4.98 Å². The molecule has 0 unspecified atom stereocenters. The van der Waals surface area contributed by atoms with E-state index >= 15 is 0 Å². The van der Waals surface area contributed by atoms with Crippen LogP contribution in [0.15, 0.2) is 60.4 Å². The number of nitrogens with two attached hydrogens (primary N) is 1. The quantitative estimate of drug-likeness (QED) is 0.814. The summed E-state index contributed by atoms with van der Waals surface area (Å²) in [7, 11) is 0. The zero-order chi connectivity index (χ0) is 11.2. The number of hydrogen-bond acceptors (Lipinski definition) is 2. The van der Waals surface area contributed by atoms with E-state index in [0.29, 0.717) is 5.69 Å². The summed E-state index contributed by atoms with van der Waals surface area (Å²) in [5, 5.41) is 0. The van der Waals surface area contributed by atoms with E-state index in [1.165, 1.54) is 5.57 Å². The lowest BCUT2D eigenvalue weighted by Crippen LogP contribution is -1.86. The largest absolute Gasteiger partial charge is 0.397 e. The van der Waals surface area contributed by atoms with Gasteiger partial charge in [-0.1, -0.05) is 36.5 Å². The van der Waals surface area contributed by atoms with Gasteiger partial charge < -0.3 is 5.73 Å². The maximum Gasteiger partial charge on any atom is 0.0631 e. The Bertz CT molecular complexity index is 462. The first-order chi connectivity index (χ1) is 7.84. The van der Waals surface area contributed by atoms with Gasteiger partial charge in [-0.3, -0.25) is 4.98 Å². The molecule has 0 fully saturated rings. The molecule has 1 aromatic heterocycles. The molecule has 16 heavy (non-hydrogen) atoms. The maximum atomic E-state index is 5.56. The number of pyridine rings is 1. The summed E-state index contributed by atoms with van der Waals surface area (Å²) in [6.07, 6.45) is 17.1. The van der Waals surface area contributed by atoms with Crippen LogP contribution in [0.25, 0.3) is 6.08 Å². The smallest absolute Gasteiger partial charge is 0.0631 e. The van der Waals surface area contributed by atoms with Crippen LogP contribution in [0.1, 0.15) is 12.1 Å². The standard InChI is InChI=1S/C14H14N2/c15-13-9-10-14(16-11-13)8-4-7-12-5-2-1-3-6-12/h1-5,7-11H,6,15H2/b8-4+,12-7-. The van der Waals surface area contributed by atoms with Crippen LogP contribution >= 0.6 is 0 Å². The van der Waals surface area contributed by atoms with E-state index in [0.717, 1.165) is 12.1 Å². The number of nitrogen functional groups attached to an aromatic ring is 1. The zero-order valence-corrected chi connectivity index (χ0v) is 9.01. The van der Waals surface area contributed by atoms with Crippen LogP contribution in [-0.2, 0) is 0 Å². The molecule has 1 heterocycles. The zero-order valence-electron chi connectivity index (χ0n) is 9.01. The van der Waals surface area contributed by atoms with Crippen LogP contribution in [0.3, 0.4) is 0 Å². The third-order valence-corrected chi connectivity index (χ3v) is 2.30. The number of anilines is 1. The fraction of sp³-hybridized carbons (Fsp3) is 0.0714.